The van der Waals surface area contributed by atoms with Gasteiger partial charge in [-0.05, 0) is 47.0 Å². The van der Waals surface area contributed by atoms with Crippen LogP contribution >= 0.6 is 0 Å². The first-order chi connectivity index (χ1) is 18.3. The number of fused-ring (bicyclic) bond motifs is 1. The van der Waals surface area contributed by atoms with Crippen LogP contribution in [0.4, 0.5) is 13.2 Å². The normalized spacial score (nSPS) is 11.4. The van der Waals surface area contributed by atoms with E-state index in [0.717, 1.165) is 11.6 Å². The molecule has 0 spiro atoms. The summed E-state index contributed by atoms with van der Waals surface area (Å²) in [6, 6.07) is 27.0. The summed E-state index contributed by atoms with van der Waals surface area (Å²) in [4.78, 5) is 11.3. The van der Waals surface area contributed by atoms with Gasteiger partial charge in [-0.2, -0.15) is 18.3 Å². The van der Waals surface area contributed by atoms with E-state index in [4.69, 9.17) is 4.74 Å². The Kier molecular flexibility index (Phi) is 6.79. The van der Waals surface area contributed by atoms with Gasteiger partial charge in [0.1, 0.15) is 17.9 Å². The third-order valence-corrected chi connectivity index (χ3v) is 6.09. The number of rotatable bonds is 7. The molecule has 0 aliphatic rings. The third kappa shape index (κ3) is 5.34. The predicted octanol–water partition coefficient (Wildman–Crippen LogP) is 7.18. The standard InChI is InChI=1S/C30H21F3N2O3/c31-30(32,33)25-14-6-13-24-27(26(34-35-28(24)25)16-19-7-2-1-3-8-19)21-10-5-12-23(17-21)38-18-20-9-4-11-22(15-20)29(36)37/h1-15,17H,16,18H2,(H,36,37). The van der Waals surface area contributed by atoms with Crippen LogP contribution < -0.4 is 4.74 Å². The summed E-state index contributed by atoms with van der Waals surface area (Å²) in [6.45, 7) is 0.120. The molecule has 190 valence electrons. The Hall–Kier alpha value is -4.72. The quantitative estimate of drug-likeness (QED) is 0.249. The Balaban J connectivity index is 1.57. The van der Waals surface area contributed by atoms with Gasteiger partial charge < -0.3 is 9.84 Å². The second-order valence-corrected chi connectivity index (χ2v) is 8.71. The van der Waals surface area contributed by atoms with Crippen molar-refractivity contribution in [3.05, 3.63) is 125 Å². The summed E-state index contributed by atoms with van der Waals surface area (Å²) >= 11 is 0. The number of carboxylic acid groups (broad SMARTS) is 1. The average Bonchev–Trinajstić information content (AvgIpc) is 2.92. The fraction of sp³-hybridized carbons (Fsp3) is 0.100. The van der Waals surface area contributed by atoms with Crippen LogP contribution in [0, 0.1) is 0 Å². The maximum atomic E-state index is 13.8. The zero-order valence-corrected chi connectivity index (χ0v) is 19.9. The van der Waals surface area contributed by atoms with E-state index in [0.29, 0.717) is 39.9 Å². The average molecular weight is 515 g/mol. The molecule has 0 amide bonds. The van der Waals surface area contributed by atoms with Gasteiger partial charge in [-0.3, -0.25) is 0 Å². The predicted molar refractivity (Wildman–Crippen MR) is 137 cm³/mol. The van der Waals surface area contributed by atoms with E-state index in [-0.39, 0.29) is 17.7 Å². The van der Waals surface area contributed by atoms with Crippen LogP contribution in [-0.4, -0.2) is 21.3 Å². The molecule has 0 fully saturated rings. The molecule has 0 unspecified atom stereocenters. The Morgan fingerprint density at radius 2 is 1.55 bits per heavy atom. The van der Waals surface area contributed by atoms with E-state index in [1.807, 2.05) is 30.3 Å². The van der Waals surface area contributed by atoms with Crippen LogP contribution in [0.15, 0.2) is 97.1 Å². The van der Waals surface area contributed by atoms with Crippen molar-refractivity contribution in [1.82, 2.24) is 10.2 Å². The van der Waals surface area contributed by atoms with Crippen molar-refractivity contribution in [3.8, 4) is 16.9 Å². The Morgan fingerprint density at radius 3 is 2.32 bits per heavy atom. The van der Waals surface area contributed by atoms with Crippen LogP contribution in [0.2, 0.25) is 0 Å². The maximum absolute atomic E-state index is 13.8. The number of aromatic carboxylic acids is 1. The van der Waals surface area contributed by atoms with Crippen LogP contribution in [0.5, 0.6) is 5.75 Å². The molecule has 8 heteroatoms. The highest BCUT2D eigenvalue weighted by Gasteiger charge is 2.34. The molecule has 0 bridgehead atoms. The molecule has 0 aliphatic heterocycles. The lowest BCUT2D eigenvalue weighted by atomic mass is 9.94. The minimum Gasteiger partial charge on any atom is -0.489 e. The van der Waals surface area contributed by atoms with Gasteiger partial charge in [0, 0.05) is 17.4 Å². The second-order valence-electron chi connectivity index (χ2n) is 8.71. The van der Waals surface area contributed by atoms with Gasteiger partial charge in [-0.25, -0.2) is 4.79 Å². The van der Waals surface area contributed by atoms with Gasteiger partial charge in [-0.15, -0.1) is 5.10 Å². The fourth-order valence-corrected chi connectivity index (χ4v) is 4.33. The molecule has 5 rings (SSSR count). The lowest BCUT2D eigenvalue weighted by Crippen LogP contribution is -2.09. The van der Waals surface area contributed by atoms with Gasteiger partial charge >= 0.3 is 12.1 Å². The summed E-state index contributed by atoms with van der Waals surface area (Å²) in [5.74, 6) is -0.555. The smallest absolute Gasteiger partial charge is 0.418 e. The summed E-state index contributed by atoms with van der Waals surface area (Å²) in [5.41, 5.74) is 2.42. The summed E-state index contributed by atoms with van der Waals surface area (Å²) in [5, 5.41) is 17.8. The first kappa shape index (κ1) is 25.0. The molecule has 38 heavy (non-hydrogen) atoms. The Labute approximate surface area is 216 Å². The van der Waals surface area contributed by atoms with Gasteiger partial charge in [0.05, 0.1) is 16.8 Å². The van der Waals surface area contributed by atoms with Gasteiger partial charge in [0.25, 0.3) is 0 Å². The first-order valence-electron chi connectivity index (χ1n) is 11.7. The van der Waals surface area contributed by atoms with Crippen molar-refractivity contribution in [2.75, 3.05) is 0 Å². The number of alkyl halides is 3. The number of carbonyl (C=O) groups is 1. The number of nitrogens with zero attached hydrogens (tertiary/aromatic N) is 2. The molecular formula is C30H21F3N2O3. The van der Waals surface area contributed by atoms with E-state index in [2.05, 4.69) is 10.2 Å². The van der Waals surface area contributed by atoms with Gasteiger partial charge in [0.15, 0.2) is 0 Å². The van der Waals surface area contributed by atoms with E-state index >= 15 is 0 Å². The summed E-state index contributed by atoms with van der Waals surface area (Å²) in [6.07, 6.45) is -4.20. The SMILES string of the molecule is O=C(O)c1cccc(COc2cccc(-c3c(Cc4ccccc4)nnc4c(C(F)(F)F)cccc34)c2)c1. The monoisotopic (exact) mass is 514 g/mol. The molecule has 1 aromatic heterocycles. The number of ether oxygens (including phenoxy) is 1. The van der Waals surface area contributed by atoms with Crippen LogP contribution in [0.25, 0.3) is 22.0 Å². The van der Waals surface area contributed by atoms with Gasteiger partial charge in [-0.1, -0.05) is 66.7 Å². The molecule has 0 radical (unpaired) electrons. The Bertz CT molecular complexity index is 1620. The first-order valence-corrected chi connectivity index (χ1v) is 11.7. The van der Waals surface area contributed by atoms with Crippen LogP contribution in [-0.2, 0) is 19.2 Å². The van der Waals surface area contributed by atoms with E-state index in [1.165, 1.54) is 18.2 Å². The van der Waals surface area contributed by atoms with Crippen molar-refractivity contribution in [2.24, 2.45) is 0 Å². The summed E-state index contributed by atoms with van der Waals surface area (Å²) in [7, 11) is 0. The van der Waals surface area contributed by atoms with Crippen molar-refractivity contribution in [2.45, 2.75) is 19.2 Å². The fourth-order valence-electron chi connectivity index (χ4n) is 4.33. The van der Waals surface area contributed by atoms with Gasteiger partial charge in [0.2, 0.25) is 0 Å². The number of carboxylic acids is 1. The number of hydrogen-bond donors (Lipinski definition) is 1. The van der Waals surface area contributed by atoms with Crippen molar-refractivity contribution < 1.29 is 27.8 Å². The second kappa shape index (κ2) is 10.3. The highest BCUT2D eigenvalue weighted by molar-refractivity contribution is 5.97. The number of halogens is 3. The summed E-state index contributed by atoms with van der Waals surface area (Å²) < 4.78 is 47.3. The maximum Gasteiger partial charge on any atom is 0.418 e. The molecule has 5 nitrogen and oxygen atoms in total. The lowest BCUT2D eigenvalue weighted by Gasteiger charge is -2.16. The van der Waals surface area contributed by atoms with Crippen LogP contribution in [0.1, 0.15) is 32.7 Å². The molecular weight excluding hydrogens is 493 g/mol. The molecule has 0 saturated carbocycles. The molecule has 1 N–H and O–H groups in total. The number of hydrogen-bond acceptors (Lipinski definition) is 4. The highest BCUT2D eigenvalue weighted by Crippen LogP contribution is 2.39. The van der Waals surface area contributed by atoms with Crippen molar-refractivity contribution in [3.63, 3.8) is 0 Å². The molecule has 0 atom stereocenters. The third-order valence-electron chi connectivity index (χ3n) is 6.09. The minimum atomic E-state index is -4.58. The molecule has 0 saturated heterocycles. The van der Waals surface area contributed by atoms with E-state index in [1.54, 1.807) is 42.5 Å². The van der Waals surface area contributed by atoms with Crippen molar-refractivity contribution >= 4 is 16.9 Å². The molecule has 0 aliphatic carbocycles. The van der Waals surface area contributed by atoms with Crippen molar-refractivity contribution in [1.29, 1.82) is 0 Å². The molecule has 4 aromatic carbocycles. The topological polar surface area (TPSA) is 72.3 Å². The Morgan fingerprint density at radius 1 is 0.816 bits per heavy atom. The zero-order valence-electron chi connectivity index (χ0n) is 19.9. The molecule has 1 heterocycles. The lowest BCUT2D eigenvalue weighted by molar-refractivity contribution is -0.136. The minimum absolute atomic E-state index is 0.120. The zero-order chi connectivity index (χ0) is 26.7. The largest absolute Gasteiger partial charge is 0.489 e. The van der Waals surface area contributed by atoms with E-state index < -0.39 is 17.7 Å². The van der Waals surface area contributed by atoms with E-state index in [9.17, 15) is 23.1 Å². The van der Waals surface area contributed by atoms with Crippen LogP contribution in [0.3, 0.4) is 0 Å². The molecule has 5 aromatic rings. The number of benzene rings is 4. The highest BCUT2D eigenvalue weighted by atomic mass is 19.4. The number of aromatic nitrogens is 2.